The summed E-state index contributed by atoms with van der Waals surface area (Å²) in [5.41, 5.74) is 5.24. The molecule has 0 amide bonds. The molecule has 37 heavy (non-hydrogen) atoms. The highest BCUT2D eigenvalue weighted by atomic mass is 16.5. The second-order valence-corrected chi connectivity index (χ2v) is 10.0. The third kappa shape index (κ3) is 9.81. The van der Waals surface area contributed by atoms with E-state index >= 15 is 0 Å². The number of aryl methyl sites for hydroxylation is 1. The number of hydrogen-bond donors (Lipinski definition) is 0. The molecule has 3 aromatic carbocycles. The van der Waals surface area contributed by atoms with Crippen molar-refractivity contribution in [2.75, 3.05) is 7.11 Å². The zero-order valence-corrected chi connectivity index (χ0v) is 23.0. The second kappa shape index (κ2) is 16.0. The van der Waals surface area contributed by atoms with Crippen molar-refractivity contribution < 1.29 is 14.3 Å². The highest BCUT2D eigenvalue weighted by Gasteiger charge is 2.10. The van der Waals surface area contributed by atoms with Gasteiger partial charge in [-0.05, 0) is 66.3 Å². The minimum Gasteiger partial charge on any atom is -0.423 e. The van der Waals surface area contributed by atoms with Gasteiger partial charge in [-0.25, -0.2) is 4.79 Å². The first kappa shape index (κ1) is 28.7. The van der Waals surface area contributed by atoms with Gasteiger partial charge >= 0.3 is 5.97 Å². The maximum Gasteiger partial charge on any atom is 0.343 e. The Morgan fingerprint density at radius 2 is 1.19 bits per heavy atom. The highest BCUT2D eigenvalue weighted by molar-refractivity contribution is 5.91. The largest absolute Gasteiger partial charge is 0.423 e. The van der Waals surface area contributed by atoms with Crippen molar-refractivity contribution >= 4 is 5.97 Å². The van der Waals surface area contributed by atoms with Gasteiger partial charge in [0.1, 0.15) is 5.75 Å². The van der Waals surface area contributed by atoms with Gasteiger partial charge in [0.2, 0.25) is 0 Å². The Kier molecular flexibility index (Phi) is 12.4. The predicted octanol–water partition coefficient (Wildman–Crippen LogP) is 9.74. The van der Waals surface area contributed by atoms with Crippen LogP contribution in [-0.2, 0) is 11.2 Å². The van der Waals surface area contributed by atoms with Gasteiger partial charge in [-0.2, -0.15) is 0 Å². The van der Waals surface area contributed by atoms with Crippen molar-refractivity contribution in [3.8, 4) is 16.9 Å². The molecule has 0 spiro atoms. The summed E-state index contributed by atoms with van der Waals surface area (Å²) >= 11 is 0. The average molecular weight is 501 g/mol. The molecule has 0 saturated carbocycles. The van der Waals surface area contributed by atoms with E-state index in [1.165, 1.54) is 69.8 Å². The van der Waals surface area contributed by atoms with Crippen LogP contribution < -0.4 is 4.74 Å². The zero-order chi connectivity index (χ0) is 26.3. The van der Waals surface area contributed by atoms with Crippen LogP contribution in [0.25, 0.3) is 11.1 Å². The molecule has 0 aliphatic rings. The number of carbonyl (C=O) groups is 1. The van der Waals surface area contributed by atoms with Crippen LogP contribution in [0.1, 0.15) is 106 Å². The lowest BCUT2D eigenvalue weighted by molar-refractivity contribution is 0.0734. The maximum atomic E-state index is 12.6. The molecule has 0 aliphatic heterocycles. The van der Waals surface area contributed by atoms with Crippen molar-refractivity contribution in [3.05, 3.63) is 89.5 Å². The summed E-state index contributed by atoms with van der Waals surface area (Å²) in [6.45, 7) is 4.26. The monoisotopic (exact) mass is 500 g/mol. The van der Waals surface area contributed by atoms with Gasteiger partial charge in [0.15, 0.2) is 0 Å². The Morgan fingerprint density at radius 1 is 0.676 bits per heavy atom. The fourth-order valence-electron chi connectivity index (χ4n) is 4.59. The number of hydrogen-bond acceptors (Lipinski definition) is 3. The van der Waals surface area contributed by atoms with Crippen LogP contribution in [0.15, 0.2) is 72.8 Å². The smallest absolute Gasteiger partial charge is 0.343 e. The molecule has 3 nitrogen and oxygen atoms in total. The summed E-state index contributed by atoms with van der Waals surface area (Å²) in [7, 11) is 1.68. The third-order valence-electron chi connectivity index (χ3n) is 7.14. The molecule has 0 radical (unpaired) electrons. The molecule has 0 saturated heterocycles. The van der Waals surface area contributed by atoms with E-state index in [-0.39, 0.29) is 12.1 Å². The fourth-order valence-corrected chi connectivity index (χ4v) is 4.59. The molecule has 1 unspecified atom stereocenters. The molecule has 0 heterocycles. The minimum absolute atomic E-state index is 0.00563. The molecule has 0 aromatic heterocycles. The minimum atomic E-state index is -0.356. The lowest BCUT2D eigenvalue weighted by Crippen LogP contribution is -2.08. The Morgan fingerprint density at radius 3 is 1.73 bits per heavy atom. The van der Waals surface area contributed by atoms with E-state index in [2.05, 4.69) is 31.2 Å². The van der Waals surface area contributed by atoms with E-state index in [4.69, 9.17) is 9.47 Å². The summed E-state index contributed by atoms with van der Waals surface area (Å²) < 4.78 is 10.9. The lowest BCUT2D eigenvalue weighted by Gasteiger charge is -2.11. The van der Waals surface area contributed by atoms with Crippen LogP contribution in [0.3, 0.4) is 0 Å². The van der Waals surface area contributed by atoms with E-state index in [9.17, 15) is 4.79 Å². The molecule has 0 fully saturated rings. The van der Waals surface area contributed by atoms with Crippen molar-refractivity contribution in [2.45, 2.75) is 90.6 Å². The molecular weight excluding hydrogens is 456 g/mol. The molecule has 3 aromatic rings. The van der Waals surface area contributed by atoms with Crippen LogP contribution in [0.4, 0.5) is 0 Å². The summed E-state index contributed by atoms with van der Waals surface area (Å²) in [6.07, 6.45) is 14.8. The van der Waals surface area contributed by atoms with Gasteiger partial charge in [0.25, 0.3) is 0 Å². The van der Waals surface area contributed by atoms with Crippen LogP contribution in [0.2, 0.25) is 0 Å². The first-order valence-corrected chi connectivity index (χ1v) is 14.1. The molecule has 198 valence electrons. The summed E-state index contributed by atoms with van der Waals surface area (Å²) in [4.78, 5) is 12.6. The van der Waals surface area contributed by atoms with Crippen molar-refractivity contribution in [3.63, 3.8) is 0 Å². The van der Waals surface area contributed by atoms with E-state index in [0.717, 1.165) is 23.1 Å². The quantitative estimate of drug-likeness (QED) is 0.111. The number of methoxy groups -OCH3 is 1. The number of rotatable bonds is 16. The van der Waals surface area contributed by atoms with E-state index < -0.39 is 0 Å². The van der Waals surface area contributed by atoms with Crippen LogP contribution >= 0.6 is 0 Å². The normalized spacial score (nSPS) is 11.9. The van der Waals surface area contributed by atoms with Gasteiger partial charge in [0, 0.05) is 7.11 Å². The summed E-state index contributed by atoms with van der Waals surface area (Å²) in [5, 5.41) is 0. The Hall–Kier alpha value is -2.91. The number of ether oxygens (including phenoxy) is 2. The first-order valence-electron chi connectivity index (χ1n) is 14.1. The van der Waals surface area contributed by atoms with Crippen LogP contribution in [0, 0.1) is 0 Å². The SMILES string of the molecule is CCCCCCCCCCCCc1ccc(-c2ccc(C(=O)Oc3ccc(C(C)OC)cc3)cc2)cc1. The highest BCUT2D eigenvalue weighted by Crippen LogP contribution is 2.23. The van der Waals surface area contributed by atoms with Crippen LogP contribution in [-0.4, -0.2) is 13.1 Å². The number of benzene rings is 3. The standard InChI is InChI=1S/C34H44O3/c1-4-5-6-7-8-9-10-11-12-13-14-28-15-17-30(18-16-28)31-19-21-32(22-20-31)34(35)37-33-25-23-29(24-26-33)27(2)36-3/h15-27H,4-14H2,1-3H3. The van der Waals surface area contributed by atoms with Crippen molar-refractivity contribution in [2.24, 2.45) is 0 Å². The molecule has 3 heteroatoms. The van der Waals surface area contributed by atoms with Crippen molar-refractivity contribution in [1.82, 2.24) is 0 Å². The van der Waals surface area contributed by atoms with Gasteiger partial charge in [-0.1, -0.05) is 113 Å². The molecular formula is C34H44O3. The Labute approximate surface area is 224 Å². The zero-order valence-electron chi connectivity index (χ0n) is 23.0. The number of unbranched alkanes of at least 4 members (excludes halogenated alkanes) is 9. The molecule has 1 atom stereocenters. The average Bonchev–Trinajstić information content (AvgIpc) is 2.94. The molecule has 0 bridgehead atoms. The van der Waals surface area contributed by atoms with Gasteiger partial charge in [0.05, 0.1) is 11.7 Å². The number of carbonyl (C=O) groups excluding carboxylic acids is 1. The Balaban J connectivity index is 1.40. The van der Waals surface area contributed by atoms with Crippen molar-refractivity contribution in [1.29, 1.82) is 0 Å². The van der Waals surface area contributed by atoms with Crippen LogP contribution in [0.5, 0.6) is 5.75 Å². The predicted molar refractivity (Wildman–Crippen MR) is 154 cm³/mol. The first-order chi connectivity index (χ1) is 18.1. The topological polar surface area (TPSA) is 35.5 Å². The van der Waals surface area contributed by atoms with E-state index in [0.29, 0.717) is 11.3 Å². The Bertz CT molecular complexity index is 1040. The number of esters is 1. The van der Waals surface area contributed by atoms with E-state index in [1.807, 2.05) is 43.3 Å². The second-order valence-electron chi connectivity index (χ2n) is 10.0. The van der Waals surface area contributed by atoms with E-state index in [1.54, 1.807) is 19.2 Å². The molecule has 3 rings (SSSR count). The third-order valence-corrected chi connectivity index (χ3v) is 7.14. The van der Waals surface area contributed by atoms with Gasteiger partial charge in [-0.15, -0.1) is 0 Å². The molecule has 0 aliphatic carbocycles. The summed E-state index contributed by atoms with van der Waals surface area (Å²) in [5.74, 6) is 0.171. The summed E-state index contributed by atoms with van der Waals surface area (Å²) in [6, 6.07) is 23.9. The lowest BCUT2D eigenvalue weighted by atomic mass is 10.00. The van der Waals surface area contributed by atoms with Gasteiger partial charge < -0.3 is 9.47 Å². The maximum absolute atomic E-state index is 12.6. The fraction of sp³-hybridized carbons (Fsp3) is 0.441. The molecule has 0 N–H and O–H groups in total. The van der Waals surface area contributed by atoms with Gasteiger partial charge in [-0.3, -0.25) is 0 Å².